The van der Waals surface area contributed by atoms with Crippen molar-refractivity contribution in [3.8, 4) is 6.07 Å². The number of rotatable bonds is 2. The van der Waals surface area contributed by atoms with Crippen LogP contribution < -0.4 is 0 Å². The minimum Gasteiger partial charge on any atom is -0.243 e. The van der Waals surface area contributed by atoms with Crippen LogP contribution in [0.1, 0.15) is 17.5 Å². The van der Waals surface area contributed by atoms with E-state index in [1.165, 1.54) is 18.3 Å². The molecule has 0 saturated carbocycles. The molecule has 1 aromatic heterocycles. The van der Waals surface area contributed by atoms with E-state index in [-0.39, 0.29) is 12.0 Å². The number of pyridine rings is 1. The van der Waals surface area contributed by atoms with Gasteiger partial charge in [0.15, 0.2) is 0 Å². The van der Waals surface area contributed by atoms with Crippen LogP contribution in [0.25, 0.3) is 6.08 Å². The van der Waals surface area contributed by atoms with Gasteiger partial charge in [-0.3, -0.25) is 0 Å². The predicted molar refractivity (Wildman–Crippen MR) is 53.5 cm³/mol. The Bertz CT molecular complexity index is 446. The van der Waals surface area contributed by atoms with E-state index in [0.717, 1.165) is 6.07 Å². The lowest BCUT2D eigenvalue weighted by atomic mass is 10.2. The molecule has 1 heterocycles. The van der Waals surface area contributed by atoms with Crippen LogP contribution in [0.2, 0.25) is 5.15 Å². The zero-order valence-electron chi connectivity index (χ0n) is 7.92. The van der Waals surface area contributed by atoms with E-state index < -0.39 is 16.9 Å². The van der Waals surface area contributed by atoms with E-state index >= 15 is 0 Å². The maximum Gasteiger partial charge on any atom is 0.419 e. The van der Waals surface area contributed by atoms with Crippen LogP contribution >= 0.6 is 11.6 Å². The molecule has 0 aromatic carbocycles. The molecule has 0 aliphatic rings. The number of halogens is 4. The zero-order chi connectivity index (χ0) is 12.2. The summed E-state index contributed by atoms with van der Waals surface area (Å²) in [6.07, 6.45) is -0.342. The Hall–Kier alpha value is -1.54. The third-order valence-corrected chi connectivity index (χ3v) is 1.99. The summed E-state index contributed by atoms with van der Waals surface area (Å²) >= 11 is 5.33. The molecule has 0 fully saturated rings. The standard InChI is InChI=1S/C10H6ClF3N2/c11-9-8(10(12,13)14)5-7(6-16-9)3-1-2-4-15/h1,3,5-6H,2H2. The average Bonchev–Trinajstić information content (AvgIpc) is 2.19. The molecule has 0 atom stereocenters. The van der Waals surface area contributed by atoms with Gasteiger partial charge in [0, 0.05) is 6.20 Å². The van der Waals surface area contributed by atoms with Crippen LogP contribution in [0.5, 0.6) is 0 Å². The summed E-state index contributed by atoms with van der Waals surface area (Å²) in [6, 6.07) is 2.73. The first-order chi connectivity index (χ1) is 7.45. The largest absolute Gasteiger partial charge is 0.419 e. The highest BCUT2D eigenvalue weighted by Gasteiger charge is 2.33. The molecule has 0 aliphatic carbocycles. The van der Waals surface area contributed by atoms with Crippen LogP contribution in [-0.4, -0.2) is 4.98 Å². The smallest absolute Gasteiger partial charge is 0.243 e. The van der Waals surface area contributed by atoms with Gasteiger partial charge in [-0.2, -0.15) is 18.4 Å². The third-order valence-electron chi connectivity index (χ3n) is 1.69. The lowest BCUT2D eigenvalue weighted by Gasteiger charge is -2.08. The van der Waals surface area contributed by atoms with Crippen molar-refractivity contribution >= 4 is 17.7 Å². The quantitative estimate of drug-likeness (QED) is 0.747. The van der Waals surface area contributed by atoms with E-state index in [0.29, 0.717) is 0 Å². The minimum absolute atomic E-state index is 0.129. The second-order valence-corrected chi connectivity index (χ2v) is 3.23. The second kappa shape index (κ2) is 4.99. The SMILES string of the molecule is N#CCC=Cc1cnc(Cl)c(C(F)(F)F)c1. The average molecular weight is 247 g/mol. The predicted octanol–water partition coefficient (Wildman–Crippen LogP) is 3.68. The van der Waals surface area contributed by atoms with E-state index in [2.05, 4.69) is 4.98 Å². The number of hydrogen-bond acceptors (Lipinski definition) is 2. The number of nitrogens with zero attached hydrogens (tertiary/aromatic N) is 2. The Morgan fingerprint density at radius 1 is 1.50 bits per heavy atom. The molecule has 0 bridgehead atoms. The van der Waals surface area contributed by atoms with Crippen molar-refractivity contribution in [2.24, 2.45) is 0 Å². The Labute approximate surface area is 95.0 Å². The molecular weight excluding hydrogens is 241 g/mol. The van der Waals surface area contributed by atoms with Gasteiger partial charge in [0.05, 0.1) is 18.1 Å². The molecule has 0 amide bonds. The monoisotopic (exact) mass is 246 g/mol. The molecular formula is C10H6ClF3N2. The number of nitriles is 1. The molecule has 0 unspecified atom stereocenters. The van der Waals surface area contributed by atoms with Crippen LogP contribution in [-0.2, 0) is 6.18 Å². The summed E-state index contributed by atoms with van der Waals surface area (Å²) in [6.45, 7) is 0. The molecule has 2 nitrogen and oxygen atoms in total. The van der Waals surface area contributed by atoms with Gasteiger partial charge in [0.1, 0.15) is 5.15 Å². The molecule has 0 radical (unpaired) electrons. The van der Waals surface area contributed by atoms with Crippen LogP contribution in [0.4, 0.5) is 13.2 Å². The third kappa shape index (κ3) is 3.24. The highest BCUT2D eigenvalue weighted by molar-refractivity contribution is 6.30. The van der Waals surface area contributed by atoms with Crippen LogP contribution in [0.15, 0.2) is 18.3 Å². The fraction of sp³-hybridized carbons (Fsp3) is 0.200. The molecule has 1 rings (SSSR count). The summed E-state index contributed by atoms with van der Waals surface area (Å²) in [4.78, 5) is 3.44. The van der Waals surface area contributed by atoms with Gasteiger partial charge in [0.25, 0.3) is 0 Å². The van der Waals surface area contributed by atoms with Crippen molar-refractivity contribution in [1.82, 2.24) is 4.98 Å². The fourth-order valence-corrected chi connectivity index (χ4v) is 1.21. The Morgan fingerprint density at radius 2 is 2.19 bits per heavy atom. The summed E-state index contributed by atoms with van der Waals surface area (Å²) in [5, 5.41) is 7.68. The maximum atomic E-state index is 12.4. The van der Waals surface area contributed by atoms with Crippen molar-refractivity contribution in [1.29, 1.82) is 5.26 Å². The Kier molecular flexibility index (Phi) is 3.91. The van der Waals surface area contributed by atoms with Gasteiger partial charge in [-0.25, -0.2) is 4.98 Å². The number of allylic oxidation sites excluding steroid dienone is 1. The molecule has 0 spiro atoms. The molecule has 0 aliphatic heterocycles. The lowest BCUT2D eigenvalue weighted by Crippen LogP contribution is -2.07. The maximum absolute atomic E-state index is 12.4. The van der Waals surface area contributed by atoms with E-state index in [9.17, 15) is 13.2 Å². The molecule has 6 heteroatoms. The lowest BCUT2D eigenvalue weighted by molar-refractivity contribution is -0.137. The second-order valence-electron chi connectivity index (χ2n) is 2.87. The molecule has 1 aromatic rings. The van der Waals surface area contributed by atoms with Crippen molar-refractivity contribution in [3.05, 3.63) is 34.6 Å². The van der Waals surface area contributed by atoms with E-state index in [1.807, 2.05) is 6.07 Å². The number of hydrogen-bond donors (Lipinski definition) is 0. The van der Waals surface area contributed by atoms with Gasteiger partial charge in [-0.05, 0) is 11.6 Å². The Morgan fingerprint density at radius 3 is 2.75 bits per heavy atom. The first-order valence-corrected chi connectivity index (χ1v) is 4.59. The van der Waals surface area contributed by atoms with Gasteiger partial charge in [0.2, 0.25) is 0 Å². The topological polar surface area (TPSA) is 36.7 Å². The molecule has 16 heavy (non-hydrogen) atoms. The van der Waals surface area contributed by atoms with Crippen molar-refractivity contribution in [2.45, 2.75) is 12.6 Å². The first kappa shape index (κ1) is 12.5. The van der Waals surface area contributed by atoms with Gasteiger partial charge < -0.3 is 0 Å². The van der Waals surface area contributed by atoms with Gasteiger partial charge in [-0.1, -0.05) is 23.8 Å². The normalized spacial score (nSPS) is 11.7. The van der Waals surface area contributed by atoms with Crippen LogP contribution in [0, 0.1) is 11.3 Å². The fourth-order valence-electron chi connectivity index (χ4n) is 1.00. The summed E-state index contributed by atoms with van der Waals surface area (Å²) < 4.78 is 37.2. The molecule has 84 valence electrons. The summed E-state index contributed by atoms with van der Waals surface area (Å²) in [5.41, 5.74) is -0.722. The summed E-state index contributed by atoms with van der Waals surface area (Å²) in [5.74, 6) is 0. The highest BCUT2D eigenvalue weighted by Crippen LogP contribution is 2.34. The van der Waals surface area contributed by atoms with Gasteiger partial charge >= 0.3 is 6.18 Å². The minimum atomic E-state index is -4.52. The molecule has 0 saturated heterocycles. The van der Waals surface area contributed by atoms with Crippen molar-refractivity contribution in [3.63, 3.8) is 0 Å². The van der Waals surface area contributed by atoms with Crippen molar-refractivity contribution in [2.75, 3.05) is 0 Å². The van der Waals surface area contributed by atoms with E-state index in [4.69, 9.17) is 16.9 Å². The zero-order valence-corrected chi connectivity index (χ0v) is 8.68. The molecule has 0 N–H and O–H groups in total. The Balaban J connectivity index is 3.04. The highest BCUT2D eigenvalue weighted by atomic mass is 35.5. The van der Waals surface area contributed by atoms with E-state index in [1.54, 1.807) is 0 Å². The number of aromatic nitrogens is 1. The van der Waals surface area contributed by atoms with Crippen LogP contribution in [0.3, 0.4) is 0 Å². The van der Waals surface area contributed by atoms with Crippen molar-refractivity contribution < 1.29 is 13.2 Å². The van der Waals surface area contributed by atoms with Gasteiger partial charge in [-0.15, -0.1) is 0 Å². The first-order valence-electron chi connectivity index (χ1n) is 4.21. The number of alkyl halides is 3. The summed E-state index contributed by atoms with van der Waals surface area (Å²) in [7, 11) is 0.